The number of methoxy groups -OCH3 is 1. The molecule has 5 heteroatoms. The molecule has 2 aromatic rings. The van der Waals surface area contributed by atoms with Crippen LogP contribution in [0.3, 0.4) is 0 Å². The van der Waals surface area contributed by atoms with Crippen molar-refractivity contribution in [1.29, 1.82) is 0 Å². The third-order valence-corrected chi connectivity index (χ3v) is 3.26. The lowest BCUT2D eigenvalue weighted by molar-refractivity contribution is 0.0593. The summed E-state index contributed by atoms with van der Waals surface area (Å²) in [4.78, 5) is 16.0. The maximum Gasteiger partial charge on any atom is 0.356 e. The number of rotatable bonds is 4. The first-order chi connectivity index (χ1) is 9.28. The molecule has 0 bridgehead atoms. The average molecular weight is 257 g/mol. The molecule has 1 fully saturated rings. The summed E-state index contributed by atoms with van der Waals surface area (Å²) in [6.07, 6.45) is 5.96. The Kier molecular flexibility index (Phi) is 3.03. The predicted molar refractivity (Wildman–Crippen MR) is 68.9 cm³/mol. The molecule has 2 heterocycles. The lowest BCUT2D eigenvalue weighted by atomic mass is 10.1. The molecule has 0 unspecified atom stereocenters. The number of hydrogen-bond acceptors (Lipinski definition) is 4. The fourth-order valence-electron chi connectivity index (χ4n) is 2.13. The molecule has 0 aromatic carbocycles. The minimum atomic E-state index is -0.382. The van der Waals surface area contributed by atoms with Gasteiger partial charge < -0.3 is 4.74 Å². The highest BCUT2D eigenvalue weighted by atomic mass is 16.5. The number of carbonyl (C=O) groups excluding carboxylic acids is 1. The van der Waals surface area contributed by atoms with Crippen LogP contribution in [-0.4, -0.2) is 27.8 Å². The lowest BCUT2D eigenvalue weighted by Gasteiger charge is -2.09. The molecule has 2 aromatic heterocycles. The number of esters is 1. The van der Waals surface area contributed by atoms with Gasteiger partial charge in [0.05, 0.1) is 13.7 Å². The van der Waals surface area contributed by atoms with E-state index in [1.807, 2.05) is 23.0 Å². The van der Waals surface area contributed by atoms with Crippen molar-refractivity contribution in [3.05, 3.63) is 47.5 Å². The zero-order valence-corrected chi connectivity index (χ0v) is 10.7. The molecule has 19 heavy (non-hydrogen) atoms. The van der Waals surface area contributed by atoms with E-state index < -0.39 is 0 Å². The van der Waals surface area contributed by atoms with E-state index in [2.05, 4.69) is 10.1 Å². The molecule has 0 aliphatic heterocycles. The molecule has 1 aliphatic carbocycles. The Bertz CT molecular complexity index is 589. The maximum atomic E-state index is 11.5. The van der Waals surface area contributed by atoms with Crippen molar-refractivity contribution in [2.45, 2.75) is 25.3 Å². The molecule has 0 amide bonds. The van der Waals surface area contributed by atoms with Crippen molar-refractivity contribution >= 4 is 5.97 Å². The van der Waals surface area contributed by atoms with E-state index in [9.17, 15) is 4.79 Å². The minimum Gasteiger partial charge on any atom is -0.464 e. The molecule has 1 aliphatic rings. The number of ether oxygens (including phenoxy) is 1. The van der Waals surface area contributed by atoms with Gasteiger partial charge in [0.1, 0.15) is 5.69 Å². The lowest BCUT2D eigenvalue weighted by Crippen LogP contribution is -2.10. The molecule has 0 radical (unpaired) electrons. The van der Waals surface area contributed by atoms with Crippen LogP contribution < -0.4 is 0 Å². The first-order valence-corrected chi connectivity index (χ1v) is 6.33. The summed E-state index contributed by atoms with van der Waals surface area (Å²) in [5.74, 6) is 0.0997. The number of aromatic nitrogens is 3. The highest BCUT2D eigenvalue weighted by molar-refractivity contribution is 5.87. The van der Waals surface area contributed by atoms with E-state index in [1.165, 1.54) is 7.11 Å². The van der Waals surface area contributed by atoms with Gasteiger partial charge in [0.2, 0.25) is 0 Å². The fraction of sp³-hybridized carbons (Fsp3) is 0.357. The Labute approximate surface area is 111 Å². The number of hydrogen-bond donors (Lipinski definition) is 0. The van der Waals surface area contributed by atoms with Gasteiger partial charge in [0.25, 0.3) is 0 Å². The van der Waals surface area contributed by atoms with Gasteiger partial charge in [-0.3, -0.25) is 4.68 Å². The second kappa shape index (κ2) is 4.84. The number of nitrogens with zero attached hydrogens (tertiary/aromatic N) is 3. The monoisotopic (exact) mass is 257 g/mol. The van der Waals surface area contributed by atoms with Crippen molar-refractivity contribution < 1.29 is 9.53 Å². The van der Waals surface area contributed by atoms with Crippen molar-refractivity contribution in [2.75, 3.05) is 7.11 Å². The van der Waals surface area contributed by atoms with Crippen LogP contribution in [0, 0.1) is 0 Å². The van der Waals surface area contributed by atoms with Gasteiger partial charge in [-0.25, -0.2) is 9.78 Å². The first kappa shape index (κ1) is 11.9. The Morgan fingerprint density at radius 2 is 2.32 bits per heavy atom. The van der Waals surface area contributed by atoms with E-state index in [4.69, 9.17) is 4.74 Å². The molecular formula is C14H15N3O2. The molecule has 98 valence electrons. The van der Waals surface area contributed by atoms with Gasteiger partial charge in [-0.15, -0.1) is 0 Å². The van der Waals surface area contributed by atoms with Gasteiger partial charge in [-0.2, -0.15) is 5.10 Å². The highest BCUT2D eigenvalue weighted by Gasteiger charge is 2.28. The molecule has 0 N–H and O–H groups in total. The molecule has 0 saturated heterocycles. The van der Waals surface area contributed by atoms with Gasteiger partial charge in [0, 0.05) is 24.0 Å². The molecule has 0 atom stereocenters. The topological polar surface area (TPSA) is 57.0 Å². The van der Waals surface area contributed by atoms with E-state index >= 15 is 0 Å². The van der Waals surface area contributed by atoms with Crippen molar-refractivity contribution in [2.24, 2.45) is 0 Å². The summed E-state index contributed by atoms with van der Waals surface area (Å²) in [7, 11) is 1.37. The Hall–Kier alpha value is -2.17. The van der Waals surface area contributed by atoms with Crippen molar-refractivity contribution in [1.82, 2.24) is 14.8 Å². The number of carbonyl (C=O) groups is 1. The standard InChI is InChI=1S/C14H15N3O2/c1-19-14(18)12-6-5-11(9-17-8-2-7-15-17)13(16-12)10-3-4-10/h2,5-8,10H,3-4,9H2,1H3. The first-order valence-electron chi connectivity index (χ1n) is 6.33. The second-order valence-corrected chi connectivity index (χ2v) is 4.71. The molecular weight excluding hydrogens is 242 g/mol. The zero-order valence-electron chi connectivity index (χ0n) is 10.7. The predicted octanol–water partition coefficient (Wildman–Crippen LogP) is 1.99. The number of pyridine rings is 1. The van der Waals surface area contributed by atoms with E-state index in [-0.39, 0.29) is 5.97 Å². The quantitative estimate of drug-likeness (QED) is 0.786. The summed E-state index contributed by atoms with van der Waals surface area (Å²) in [6.45, 7) is 0.688. The molecule has 1 saturated carbocycles. The van der Waals surface area contributed by atoms with E-state index in [0.717, 1.165) is 24.1 Å². The summed E-state index contributed by atoms with van der Waals surface area (Å²) in [6, 6.07) is 5.57. The smallest absolute Gasteiger partial charge is 0.356 e. The Balaban J connectivity index is 1.93. The highest BCUT2D eigenvalue weighted by Crippen LogP contribution is 2.40. The van der Waals surface area contributed by atoms with Crippen LogP contribution in [0.1, 0.15) is 40.5 Å². The summed E-state index contributed by atoms with van der Waals surface area (Å²) in [5, 5.41) is 4.20. The van der Waals surface area contributed by atoms with Crippen LogP contribution in [-0.2, 0) is 11.3 Å². The van der Waals surface area contributed by atoms with Crippen molar-refractivity contribution in [3.63, 3.8) is 0 Å². The van der Waals surface area contributed by atoms with Crippen LogP contribution in [0.5, 0.6) is 0 Å². The van der Waals surface area contributed by atoms with Gasteiger partial charge in [0.15, 0.2) is 0 Å². The normalized spacial score (nSPS) is 14.4. The zero-order chi connectivity index (χ0) is 13.2. The average Bonchev–Trinajstić information content (AvgIpc) is 3.16. The SMILES string of the molecule is COC(=O)c1ccc(Cn2cccn2)c(C2CC2)n1. The third-order valence-electron chi connectivity index (χ3n) is 3.26. The van der Waals surface area contributed by atoms with Gasteiger partial charge in [-0.05, 0) is 30.5 Å². The van der Waals surface area contributed by atoms with E-state index in [0.29, 0.717) is 18.2 Å². The third kappa shape index (κ3) is 2.50. The van der Waals surface area contributed by atoms with Crippen LogP contribution in [0.25, 0.3) is 0 Å². The minimum absolute atomic E-state index is 0.382. The van der Waals surface area contributed by atoms with Crippen LogP contribution in [0.15, 0.2) is 30.6 Å². The maximum absolute atomic E-state index is 11.5. The summed E-state index contributed by atoms with van der Waals surface area (Å²) in [5.41, 5.74) is 2.52. The Morgan fingerprint density at radius 3 is 2.95 bits per heavy atom. The molecule has 0 spiro atoms. The fourth-order valence-corrected chi connectivity index (χ4v) is 2.13. The molecule has 5 nitrogen and oxygen atoms in total. The Morgan fingerprint density at radius 1 is 1.47 bits per heavy atom. The summed E-state index contributed by atoms with van der Waals surface area (Å²) < 4.78 is 6.58. The van der Waals surface area contributed by atoms with E-state index in [1.54, 1.807) is 12.3 Å². The second-order valence-electron chi connectivity index (χ2n) is 4.71. The van der Waals surface area contributed by atoms with Crippen LogP contribution in [0.4, 0.5) is 0 Å². The summed E-state index contributed by atoms with van der Waals surface area (Å²) >= 11 is 0. The largest absolute Gasteiger partial charge is 0.464 e. The van der Waals surface area contributed by atoms with Crippen LogP contribution >= 0.6 is 0 Å². The van der Waals surface area contributed by atoms with Crippen LogP contribution in [0.2, 0.25) is 0 Å². The van der Waals surface area contributed by atoms with Gasteiger partial charge in [-0.1, -0.05) is 6.07 Å². The molecule has 3 rings (SSSR count). The van der Waals surface area contributed by atoms with Gasteiger partial charge >= 0.3 is 5.97 Å². The van der Waals surface area contributed by atoms with Crippen molar-refractivity contribution in [3.8, 4) is 0 Å².